The molecule has 0 fully saturated rings. The maximum absolute atomic E-state index is 12.6. The van der Waals surface area contributed by atoms with Gasteiger partial charge in [0.1, 0.15) is 17.3 Å². The van der Waals surface area contributed by atoms with Crippen LogP contribution < -0.4 is 9.47 Å². The van der Waals surface area contributed by atoms with E-state index in [2.05, 4.69) is 4.18 Å². The lowest BCUT2D eigenvalue weighted by Gasteiger charge is -2.20. The SMILES string of the molecule is Cc1c(OC(=O)C(C)(C)C)ccc2c1OCCC=C2OS(=O)(=O)C(F)(F)F. The van der Waals surface area contributed by atoms with E-state index in [0.717, 1.165) is 0 Å². The molecular weight excluding hydrogens is 389 g/mol. The van der Waals surface area contributed by atoms with Crippen LogP contribution in [0.3, 0.4) is 0 Å². The molecule has 0 saturated carbocycles. The standard InChI is InChI=1S/C17H19F3O6S/c1-10-12(25-15(21)16(2,3)4)8-7-11-13(6-5-9-24-14(10)11)26-27(22,23)17(18,19)20/h6-8H,5,9H2,1-4H3. The topological polar surface area (TPSA) is 78.9 Å². The van der Waals surface area contributed by atoms with Gasteiger partial charge >= 0.3 is 21.6 Å². The minimum absolute atomic E-state index is 0.0217. The van der Waals surface area contributed by atoms with E-state index >= 15 is 0 Å². The number of ether oxygens (including phenoxy) is 2. The highest BCUT2D eigenvalue weighted by molar-refractivity contribution is 7.87. The number of fused-ring (bicyclic) bond motifs is 1. The molecule has 10 heteroatoms. The second-order valence-electron chi connectivity index (χ2n) is 6.89. The van der Waals surface area contributed by atoms with Crippen LogP contribution in [0.25, 0.3) is 5.76 Å². The second kappa shape index (κ2) is 7.06. The molecule has 150 valence electrons. The number of alkyl halides is 3. The maximum atomic E-state index is 12.6. The first-order chi connectivity index (χ1) is 12.2. The minimum Gasteiger partial charge on any atom is -0.492 e. The van der Waals surface area contributed by atoms with Gasteiger partial charge in [-0.05, 0) is 45.9 Å². The summed E-state index contributed by atoms with van der Waals surface area (Å²) in [6.45, 7) is 6.64. The first-order valence-corrected chi connectivity index (χ1v) is 9.35. The Hall–Kier alpha value is -2.23. The highest BCUT2D eigenvalue weighted by Crippen LogP contribution is 2.40. The summed E-state index contributed by atoms with van der Waals surface area (Å²) in [5.74, 6) is -0.744. The number of halogens is 3. The van der Waals surface area contributed by atoms with E-state index in [4.69, 9.17) is 9.47 Å². The van der Waals surface area contributed by atoms with Gasteiger partial charge in [-0.15, -0.1) is 0 Å². The van der Waals surface area contributed by atoms with Crippen LogP contribution in [-0.2, 0) is 19.1 Å². The van der Waals surface area contributed by atoms with Crippen LogP contribution in [0.5, 0.6) is 11.5 Å². The van der Waals surface area contributed by atoms with Crippen molar-refractivity contribution in [1.82, 2.24) is 0 Å². The lowest BCUT2D eigenvalue weighted by Crippen LogP contribution is -2.26. The first-order valence-electron chi connectivity index (χ1n) is 7.94. The Labute approximate surface area is 155 Å². The number of carbonyl (C=O) groups excluding carboxylic acids is 1. The Morgan fingerprint density at radius 1 is 1.19 bits per heavy atom. The van der Waals surface area contributed by atoms with Crippen molar-refractivity contribution >= 4 is 21.8 Å². The number of hydrogen-bond donors (Lipinski definition) is 0. The molecule has 0 amide bonds. The van der Waals surface area contributed by atoms with Crippen LogP contribution in [-0.4, -0.2) is 26.5 Å². The van der Waals surface area contributed by atoms with E-state index in [-0.39, 0.29) is 30.1 Å². The van der Waals surface area contributed by atoms with Gasteiger partial charge in [-0.3, -0.25) is 4.79 Å². The molecule has 1 heterocycles. The highest BCUT2D eigenvalue weighted by atomic mass is 32.2. The molecule has 27 heavy (non-hydrogen) atoms. The molecule has 0 saturated heterocycles. The van der Waals surface area contributed by atoms with Gasteiger partial charge in [0.05, 0.1) is 17.6 Å². The van der Waals surface area contributed by atoms with E-state index in [1.54, 1.807) is 27.7 Å². The van der Waals surface area contributed by atoms with Gasteiger partial charge in [-0.25, -0.2) is 0 Å². The lowest BCUT2D eigenvalue weighted by atomic mass is 9.97. The fourth-order valence-electron chi connectivity index (χ4n) is 2.12. The molecule has 0 aliphatic carbocycles. The Kier molecular flexibility index (Phi) is 5.51. The maximum Gasteiger partial charge on any atom is 0.534 e. The predicted molar refractivity (Wildman–Crippen MR) is 90.4 cm³/mol. The fraction of sp³-hybridized carbons (Fsp3) is 0.471. The van der Waals surface area contributed by atoms with Crippen molar-refractivity contribution in [1.29, 1.82) is 0 Å². The number of esters is 1. The van der Waals surface area contributed by atoms with Crippen LogP contribution in [0.2, 0.25) is 0 Å². The molecule has 1 aliphatic rings. The summed E-state index contributed by atoms with van der Waals surface area (Å²) in [5.41, 5.74) is -5.97. The molecule has 0 aromatic heterocycles. The largest absolute Gasteiger partial charge is 0.534 e. The summed E-state index contributed by atoms with van der Waals surface area (Å²) in [5, 5.41) is 0. The van der Waals surface area contributed by atoms with Gasteiger partial charge in [0, 0.05) is 12.0 Å². The smallest absolute Gasteiger partial charge is 0.492 e. The third-order valence-electron chi connectivity index (χ3n) is 3.61. The van der Waals surface area contributed by atoms with Crippen LogP contribution >= 0.6 is 0 Å². The molecule has 1 aromatic carbocycles. The van der Waals surface area contributed by atoms with E-state index < -0.39 is 32.8 Å². The van der Waals surface area contributed by atoms with Crippen molar-refractivity contribution in [3.8, 4) is 11.5 Å². The van der Waals surface area contributed by atoms with Crippen molar-refractivity contribution in [3.63, 3.8) is 0 Å². The van der Waals surface area contributed by atoms with Gasteiger partial charge in [0.25, 0.3) is 0 Å². The molecular formula is C17H19F3O6S. The molecule has 0 unspecified atom stereocenters. The van der Waals surface area contributed by atoms with E-state index in [1.165, 1.54) is 18.2 Å². The highest BCUT2D eigenvalue weighted by Gasteiger charge is 2.49. The summed E-state index contributed by atoms with van der Waals surface area (Å²) >= 11 is 0. The fourth-order valence-corrected chi connectivity index (χ4v) is 2.61. The summed E-state index contributed by atoms with van der Waals surface area (Å²) in [7, 11) is -5.83. The molecule has 1 aliphatic heterocycles. The Balaban J connectivity index is 2.44. The summed E-state index contributed by atoms with van der Waals surface area (Å²) in [6, 6.07) is 2.64. The average molecular weight is 408 g/mol. The van der Waals surface area contributed by atoms with Crippen LogP contribution in [0.1, 0.15) is 38.3 Å². The van der Waals surface area contributed by atoms with Gasteiger partial charge in [0.2, 0.25) is 0 Å². The van der Waals surface area contributed by atoms with Crippen molar-refractivity contribution in [3.05, 3.63) is 29.3 Å². The molecule has 0 N–H and O–H groups in total. The number of rotatable bonds is 3. The van der Waals surface area contributed by atoms with E-state index in [1.807, 2.05) is 0 Å². The monoisotopic (exact) mass is 408 g/mol. The third kappa shape index (κ3) is 4.55. The van der Waals surface area contributed by atoms with Crippen molar-refractivity contribution in [2.45, 2.75) is 39.6 Å². The minimum atomic E-state index is -5.83. The van der Waals surface area contributed by atoms with Crippen molar-refractivity contribution in [2.24, 2.45) is 5.41 Å². The summed E-state index contributed by atoms with van der Waals surface area (Å²) < 4.78 is 75.8. The number of hydrogen-bond acceptors (Lipinski definition) is 6. The van der Waals surface area contributed by atoms with Crippen molar-refractivity contribution in [2.75, 3.05) is 6.61 Å². The van der Waals surface area contributed by atoms with Crippen molar-refractivity contribution < 1.29 is 40.0 Å². The Morgan fingerprint density at radius 2 is 1.81 bits per heavy atom. The van der Waals surface area contributed by atoms with Crippen LogP contribution in [0.4, 0.5) is 13.2 Å². The normalized spacial score (nSPS) is 15.1. The summed E-state index contributed by atoms with van der Waals surface area (Å²) in [6.07, 6.45) is 1.34. The molecule has 1 aromatic rings. The van der Waals surface area contributed by atoms with Gasteiger partial charge < -0.3 is 13.7 Å². The van der Waals surface area contributed by atoms with Gasteiger partial charge in [0.15, 0.2) is 0 Å². The molecule has 2 rings (SSSR count). The number of carbonyl (C=O) groups is 1. The van der Waals surface area contributed by atoms with Crippen LogP contribution in [0.15, 0.2) is 18.2 Å². The zero-order valence-electron chi connectivity index (χ0n) is 15.1. The second-order valence-corrected chi connectivity index (χ2v) is 8.43. The van der Waals surface area contributed by atoms with Gasteiger partial charge in [-0.2, -0.15) is 21.6 Å². The summed E-state index contributed by atoms with van der Waals surface area (Å²) in [4.78, 5) is 12.1. The predicted octanol–water partition coefficient (Wildman–Crippen LogP) is 3.94. The molecule has 0 radical (unpaired) electrons. The first kappa shape index (κ1) is 21.1. The molecule has 0 spiro atoms. The van der Waals surface area contributed by atoms with Crippen LogP contribution in [0, 0.1) is 12.3 Å². The number of benzene rings is 1. The van der Waals surface area contributed by atoms with E-state index in [9.17, 15) is 26.4 Å². The van der Waals surface area contributed by atoms with Gasteiger partial charge in [-0.1, -0.05) is 0 Å². The average Bonchev–Trinajstić information content (AvgIpc) is 2.70. The van der Waals surface area contributed by atoms with E-state index in [0.29, 0.717) is 5.56 Å². The molecule has 0 bridgehead atoms. The Bertz CT molecular complexity index is 879. The molecule has 6 nitrogen and oxygen atoms in total. The quantitative estimate of drug-likeness (QED) is 0.326. The molecule has 0 atom stereocenters. The zero-order chi connectivity index (χ0) is 20.6. The zero-order valence-corrected chi connectivity index (χ0v) is 16.0. The lowest BCUT2D eigenvalue weighted by molar-refractivity contribution is -0.143. The third-order valence-corrected chi connectivity index (χ3v) is 4.58. The Morgan fingerprint density at radius 3 is 2.37 bits per heavy atom.